The number of alkyl halides is 3. The van der Waals surface area contributed by atoms with Crippen LogP contribution in [0.15, 0.2) is 29.2 Å². The van der Waals surface area contributed by atoms with Crippen LogP contribution in [0.5, 0.6) is 0 Å². The lowest BCUT2D eigenvalue weighted by Crippen LogP contribution is -2.89. The first kappa shape index (κ1) is 29.8. The summed E-state index contributed by atoms with van der Waals surface area (Å²) in [5.74, 6) is -1.87. The van der Waals surface area contributed by atoms with Crippen molar-refractivity contribution >= 4 is 27.8 Å². The molecule has 212 valence electrons. The van der Waals surface area contributed by atoms with Crippen LogP contribution in [0.25, 0.3) is 0 Å². The maximum Gasteiger partial charge on any atom is 0.416 e. The highest BCUT2D eigenvalue weighted by Gasteiger charge is 2.43. The van der Waals surface area contributed by atoms with Crippen LogP contribution >= 0.6 is 0 Å². The van der Waals surface area contributed by atoms with Crippen molar-refractivity contribution < 1.29 is 46.0 Å². The fraction of sp³-hybridized carbons (Fsp3) is 0.625. The summed E-state index contributed by atoms with van der Waals surface area (Å²) in [7, 11) is -3.18. The molecule has 1 aromatic rings. The number of carbonyl (C=O) groups excluding carboxylic acids is 3. The van der Waals surface area contributed by atoms with Crippen molar-refractivity contribution in [2.45, 2.75) is 74.8 Å². The minimum atomic E-state index is -4.72. The van der Waals surface area contributed by atoms with E-state index in [4.69, 9.17) is 4.74 Å². The monoisotopic (exact) mass is 563 g/mol. The molecule has 1 aromatic carbocycles. The SMILES string of the molecule is COC(=O)[C@H](NC(=O)[C@@H]1C[C@@H](NS(=O)(=O)c2cccc(C(F)(F)F)c2)CCN1C(=O)[C@H]1CCC[NH2+]1)C(C)C. The van der Waals surface area contributed by atoms with Gasteiger partial charge in [0.05, 0.1) is 24.1 Å². The smallest absolute Gasteiger partial charge is 0.416 e. The van der Waals surface area contributed by atoms with Gasteiger partial charge in [-0.15, -0.1) is 0 Å². The third-order valence-corrected chi connectivity index (χ3v) is 8.41. The Morgan fingerprint density at radius 2 is 1.89 bits per heavy atom. The zero-order valence-electron chi connectivity index (χ0n) is 21.5. The van der Waals surface area contributed by atoms with Crippen LogP contribution < -0.4 is 15.4 Å². The molecular formula is C24H34F3N4O6S+. The van der Waals surface area contributed by atoms with Crippen LogP contribution in [0.2, 0.25) is 0 Å². The van der Waals surface area contributed by atoms with Crippen LogP contribution in [0, 0.1) is 5.92 Å². The average molecular weight is 564 g/mol. The molecule has 4 atom stereocenters. The Morgan fingerprint density at radius 3 is 2.47 bits per heavy atom. The predicted octanol–water partition coefficient (Wildman–Crippen LogP) is 0.383. The van der Waals surface area contributed by atoms with E-state index in [0.717, 1.165) is 31.2 Å². The van der Waals surface area contributed by atoms with Crippen LogP contribution in [0.1, 0.15) is 45.1 Å². The van der Waals surface area contributed by atoms with Gasteiger partial charge in [-0.25, -0.2) is 17.9 Å². The normalized spacial score (nSPS) is 23.2. The van der Waals surface area contributed by atoms with Gasteiger partial charge in [0, 0.05) is 25.4 Å². The van der Waals surface area contributed by atoms with E-state index in [1.807, 2.05) is 5.32 Å². The van der Waals surface area contributed by atoms with Gasteiger partial charge in [0.25, 0.3) is 5.91 Å². The second kappa shape index (κ2) is 12.0. The number of hydrogen-bond acceptors (Lipinski definition) is 6. The molecule has 2 saturated heterocycles. The van der Waals surface area contributed by atoms with E-state index in [1.165, 1.54) is 12.0 Å². The van der Waals surface area contributed by atoms with Gasteiger partial charge >= 0.3 is 12.1 Å². The maximum absolute atomic E-state index is 13.4. The molecule has 0 unspecified atom stereocenters. The second-order valence-electron chi connectivity index (χ2n) is 9.94. The summed E-state index contributed by atoms with van der Waals surface area (Å²) in [6.07, 6.45) is -3.19. The number of nitrogens with zero attached hydrogens (tertiary/aromatic N) is 1. The summed E-state index contributed by atoms with van der Waals surface area (Å²) in [5.41, 5.74) is -1.10. The summed E-state index contributed by atoms with van der Waals surface area (Å²) < 4.78 is 72.4. The molecule has 0 saturated carbocycles. The van der Waals surface area contributed by atoms with Crippen LogP contribution in [0.4, 0.5) is 13.2 Å². The number of quaternary nitrogens is 1. The third kappa shape index (κ3) is 7.03. The van der Waals surface area contributed by atoms with Crippen molar-refractivity contribution in [3.05, 3.63) is 29.8 Å². The number of sulfonamides is 1. The first-order chi connectivity index (χ1) is 17.7. The van der Waals surface area contributed by atoms with E-state index in [1.54, 1.807) is 13.8 Å². The number of carbonyl (C=O) groups is 3. The van der Waals surface area contributed by atoms with E-state index in [9.17, 15) is 36.0 Å². The highest BCUT2D eigenvalue weighted by molar-refractivity contribution is 7.89. The predicted molar refractivity (Wildman–Crippen MR) is 129 cm³/mol. The fourth-order valence-electron chi connectivity index (χ4n) is 4.80. The lowest BCUT2D eigenvalue weighted by atomic mass is 9.95. The number of esters is 1. The van der Waals surface area contributed by atoms with Gasteiger partial charge in [0.2, 0.25) is 15.9 Å². The molecule has 38 heavy (non-hydrogen) atoms. The second-order valence-corrected chi connectivity index (χ2v) is 11.7. The van der Waals surface area contributed by atoms with Gasteiger partial charge in [0.15, 0.2) is 6.04 Å². The van der Waals surface area contributed by atoms with Crippen LogP contribution in [-0.2, 0) is 35.3 Å². The summed E-state index contributed by atoms with van der Waals surface area (Å²) >= 11 is 0. The first-order valence-electron chi connectivity index (χ1n) is 12.5. The van der Waals surface area contributed by atoms with E-state index in [2.05, 4.69) is 10.0 Å². The zero-order chi connectivity index (χ0) is 28.3. The summed E-state index contributed by atoms with van der Waals surface area (Å²) in [4.78, 5) is 39.7. The van der Waals surface area contributed by atoms with Crippen molar-refractivity contribution in [3.63, 3.8) is 0 Å². The van der Waals surface area contributed by atoms with Gasteiger partial charge in [0.1, 0.15) is 12.1 Å². The minimum Gasteiger partial charge on any atom is -0.467 e. The van der Waals surface area contributed by atoms with Gasteiger partial charge in [-0.05, 0) is 37.0 Å². The van der Waals surface area contributed by atoms with E-state index in [-0.39, 0.29) is 37.3 Å². The maximum atomic E-state index is 13.4. The Morgan fingerprint density at radius 1 is 1.18 bits per heavy atom. The number of benzene rings is 1. The Balaban J connectivity index is 1.83. The standard InChI is InChI=1S/C24H33F3N4O6S/c1-14(2)20(23(34)37-3)29-21(32)19-13-16(9-11-31(19)22(33)18-8-5-10-28-18)30-38(35,36)17-7-4-6-15(12-17)24(25,26)27/h4,6-7,12,14,16,18-20,28,30H,5,8-11,13H2,1-3H3,(H,29,32)/p+1/t16-,18+,19-,20+/m0/s1. The van der Waals surface area contributed by atoms with Gasteiger partial charge in [-0.3, -0.25) is 9.59 Å². The molecule has 0 radical (unpaired) electrons. The Kier molecular flexibility index (Phi) is 9.42. The molecule has 2 amide bonds. The molecule has 2 aliphatic heterocycles. The molecule has 14 heteroatoms. The van der Waals surface area contributed by atoms with E-state index < -0.39 is 56.7 Å². The third-order valence-electron chi connectivity index (χ3n) is 6.89. The fourth-order valence-corrected chi connectivity index (χ4v) is 6.13. The summed E-state index contributed by atoms with van der Waals surface area (Å²) in [5, 5.41) is 4.53. The lowest BCUT2D eigenvalue weighted by molar-refractivity contribution is -0.658. The molecule has 10 nitrogen and oxygen atoms in total. The summed E-state index contributed by atoms with van der Waals surface area (Å²) in [6.45, 7) is 4.26. The molecule has 4 N–H and O–H groups in total. The number of methoxy groups -OCH3 is 1. The van der Waals surface area contributed by atoms with E-state index in [0.29, 0.717) is 12.5 Å². The number of nitrogens with two attached hydrogens (primary N) is 1. The van der Waals surface area contributed by atoms with Crippen molar-refractivity contribution in [2.24, 2.45) is 5.92 Å². The Labute approximate surface area is 219 Å². The molecule has 2 fully saturated rings. The van der Waals surface area contributed by atoms with Crippen molar-refractivity contribution in [2.75, 3.05) is 20.2 Å². The molecule has 0 aromatic heterocycles. The molecule has 2 heterocycles. The molecule has 2 aliphatic rings. The van der Waals surface area contributed by atoms with Crippen molar-refractivity contribution in [1.29, 1.82) is 0 Å². The number of ether oxygens (including phenoxy) is 1. The minimum absolute atomic E-state index is 0.0571. The number of likely N-dealkylation sites (tertiary alicyclic amines) is 1. The highest BCUT2D eigenvalue weighted by Crippen LogP contribution is 2.31. The van der Waals surface area contributed by atoms with Gasteiger partial charge in [-0.2, -0.15) is 13.2 Å². The average Bonchev–Trinajstić information content (AvgIpc) is 3.40. The summed E-state index contributed by atoms with van der Waals surface area (Å²) in [6, 6.07) is 0.115. The topological polar surface area (TPSA) is 138 Å². The number of rotatable bonds is 8. The number of halogens is 3. The number of amides is 2. The first-order valence-corrected chi connectivity index (χ1v) is 13.9. The number of hydrogen-bond donors (Lipinski definition) is 3. The molecular weight excluding hydrogens is 529 g/mol. The Hall–Kier alpha value is -2.71. The molecule has 3 rings (SSSR count). The van der Waals surface area contributed by atoms with Crippen LogP contribution in [0.3, 0.4) is 0 Å². The molecule has 0 spiro atoms. The molecule has 0 bridgehead atoms. The Bertz CT molecular complexity index is 1140. The van der Waals surface area contributed by atoms with Crippen LogP contribution in [-0.4, -0.2) is 75.5 Å². The van der Waals surface area contributed by atoms with Crippen molar-refractivity contribution in [3.8, 4) is 0 Å². The highest BCUT2D eigenvalue weighted by atomic mass is 32.2. The van der Waals surface area contributed by atoms with E-state index >= 15 is 0 Å². The quantitative estimate of drug-likeness (QED) is 0.391. The largest absolute Gasteiger partial charge is 0.467 e. The number of nitrogens with one attached hydrogen (secondary N) is 2. The van der Waals surface area contributed by atoms with Crippen molar-refractivity contribution in [1.82, 2.24) is 14.9 Å². The lowest BCUT2D eigenvalue weighted by Gasteiger charge is -2.39. The van der Waals surface area contributed by atoms with Gasteiger partial charge < -0.3 is 20.3 Å². The molecule has 0 aliphatic carbocycles. The number of piperidine rings is 1. The zero-order valence-corrected chi connectivity index (χ0v) is 22.3. The van der Waals surface area contributed by atoms with Gasteiger partial charge in [-0.1, -0.05) is 19.9 Å².